The lowest BCUT2D eigenvalue weighted by molar-refractivity contribution is -0.137. The van der Waals surface area contributed by atoms with Crippen molar-refractivity contribution < 1.29 is 18.0 Å². The second-order valence-electron chi connectivity index (χ2n) is 9.59. The molecule has 6 nitrogen and oxygen atoms in total. The zero-order chi connectivity index (χ0) is 24.7. The van der Waals surface area contributed by atoms with Crippen molar-refractivity contribution in [1.82, 2.24) is 24.5 Å². The number of piperazine rings is 1. The summed E-state index contributed by atoms with van der Waals surface area (Å²) in [4.78, 5) is 22.1. The Morgan fingerprint density at radius 1 is 1.18 bits per heavy atom. The van der Waals surface area contributed by atoms with Crippen LogP contribution in [0.2, 0.25) is 0 Å². The van der Waals surface area contributed by atoms with Gasteiger partial charge in [0.1, 0.15) is 11.9 Å². The fraction of sp³-hybridized carbons (Fsp3) is 0.440. The number of hydrogen-bond acceptors (Lipinski definition) is 4. The van der Waals surface area contributed by atoms with Gasteiger partial charge in [-0.2, -0.15) is 13.2 Å². The van der Waals surface area contributed by atoms with Gasteiger partial charge in [-0.1, -0.05) is 24.3 Å². The van der Waals surface area contributed by atoms with Crippen LogP contribution in [0.25, 0.3) is 5.52 Å². The highest BCUT2D eigenvalue weighted by Gasteiger charge is 2.36. The van der Waals surface area contributed by atoms with E-state index in [9.17, 15) is 18.0 Å². The molecule has 34 heavy (non-hydrogen) atoms. The molecule has 3 heterocycles. The van der Waals surface area contributed by atoms with E-state index in [4.69, 9.17) is 0 Å². The number of rotatable bonds is 5. The van der Waals surface area contributed by atoms with E-state index in [1.54, 1.807) is 12.3 Å². The van der Waals surface area contributed by atoms with E-state index >= 15 is 0 Å². The fourth-order valence-electron chi connectivity index (χ4n) is 4.55. The minimum atomic E-state index is -4.40. The lowest BCUT2D eigenvalue weighted by Gasteiger charge is -2.40. The third-order valence-corrected chi connectivity index (χ3v) is 6.41. The van der Waals surface area contributed by atoms with Gasteiger partial charge in [-0.05, 0) is 51.1 Å². The molecule has 1 fully saturated rings. The molecule has 1 N–H and O–H groups in total. The average Bonchev–Trinajstić information content (AvgIpc) is 3.21. The quantitative estimate of drug-likeness (QED) is 0.612. The molecule has 0 radical (unpaired) electrons. The SMILES string of the molecule is Cc1cccn2c(C(C)(C)NC(=O)[C@@H]3CN(C)CCN3Cc3cccc(C(F)(F)F)c3)ncc12. The van der Waals surface area contributed by atoms with Crippen molar-refractivity contribution in [2.75, 3.05) is 26.7 Å². The number of nitrogens with one attached hydrogen (secondary N) is 1. The van der Waals surface area contributed by atoms with Gasteiger partial charge in [0.2, 0.25) is 5.91 Å². The third kappa shape index (κ3) is 4.95. The van der Waals surface area contributed by atoms with Crippen molar-refractivity contribution in [1.29, 1.82) is 0 Å². The Balaban J connectivity index is 1.55. The summed E-state index contributed by atoms with van der Waals surface area (Å²) < 4.78 is 41.5. The normalized spacial score (nSPS) is 18.4. The summed E-state index contributed by atoms with van der Waals surface area (Å²) in [6, 6.07) is 8.77. The van der Waals surface area contributed by atoms with Crippen LogP contribution >= 0.6 is 0 Å². The predicted octanol–water partition coefficient (Wildman–Crippen LogP) is 3.83. The number of pyridine rings is 1. The van der Waals surface area contributed by atoms with Crippen LogP contribution in [0, 0.1) is 6.92 Å². The highest BCUT2D eigenvalue weighted by molar-refractivity contribution is 5.83. The van der Waals surface area contributed by atoms with Gasteiger partial charge in [0.15, 0.2) is 0 Å². The number of amides is 1. The maximum absolute atomic E-state index is 13.5. The number of carbonyl (C=O) groups excluding carboxylic acids is 1. The summed E-state index contributed by atoms with van der Waals surface area (Å²) >= 11 is 0. The molecule has 0 spiro atoms. The first kappa shape index (κ1) is 24.2. The number of benzene rings is 1. The van der Waals surface area contributed by atoms with Gasteiger partial charge in [-0.25, -0.2) is 4.98 Å². The van der Waals surface area contributed by atoms with Gasteiger partial charge in [0.05, 0.1) is 22.8 Å². The zero-order valence-corrected chi connectivity index (χ0v) is 19.9. The van der Waals surface area contributed by atoms with Crippen LogP contribution in [0.1, 0.15) is 36.4 Å². The van der Waals surface area contributed by atoms with E-state index in [0.29, 0.717) is 24.5 Å². The number of halogens is 3. The molecule has 1 aliphatic heterocycles. The summed E-state index contributed by atoms with van der Waals surface area (Å²) in [6.45, 7) is 7.89. The fourth-order valence-corrected chi connectivity index (χ4v) is 4.55. The smallest absolute Gasteiger partial charge is 0.343 e. The number of likely N-dealkylation sites (N-methyl/N-ethyl adjacent to an activating group) is 1. The molecule has 1 amide bonds. The average molecular weight is 474 g/mol. The molecule has 1 aliphatic rings. The number of fused-ring (bicyclic) bond motifs is 1. The van der Waals surface area contributed by atoms with E-state index in [1.165, 1.54) is 6.07 Å². The third-order valence-electron chi connectivity index (χ3n) is 6.41. The summed E-state index contributed by atoms with van der Waals surface area (Å²) in [5, 5.41) is 3.14. The molecule has 4 rings (SSSR count). The topological polar surface area (TPSA) is 52.9 Å². The molecule has 1 saturated heterocycles. The van der Waals surface area contributed by atoms with Crippen molar-refractivity contribution in [2.24, 2.45) is 0 Å². The number of alkyl halides is 3. The van der Waals surface area contributed by atoms with Crippen molar-refractivity contribution in [3.05, 3.63) is 71.3 Å². The van der Waals surface area contributed by atoms with Crippen LogP contribution in [-0.2, 0) is 23.1 Å². The molecule has 1 aromatic carbocycles. The maximum Gasteiger partial charge on any atom is 0.416 e. The number of aryl methyl sites for hydroxylation is 1. The lowest BCUT2D eigenvalue weighted by atomic mass is 10.0. The maximum atomic E-state index is 13.5. The van der Waals surface area contributed by atoms with Gasteiger partial charge in [-0.15, -0.1) is 0 Å². The van der Waals surface area contributed by atoms with E-state index in [0.717, 1.165) is 29.8 Å². The highest BCUT2D eigenvalue weighted by atomic mass is 19.4. The molecular formula is C25H30F3N5O. The van der Waals surface area contributed by atoms with E-state index < -0.39 is 23.3 Å². The van der Waals surface area contributed by atoms with Crippen LogP contribution in [-0.4, -0.2) is 57.8 Å². The molecule has 182 valence electrons. The molecule has 9 heteroatoms. The Labute approximate surface area is 197 Å². The highest BCUT2D eigenvalue weighted by Crippen LogP contribution is 2.30. The monoisotopic (exact) mass is 473 g/mol. The molecule has 1 atom stereocenters. The molecule has 0 saturated carbocycles. The van der Waals surface area contributed by atoms with E-state index in [-0.39, 0.29) is 12.5 Å². The minimum absolute atomic E-state index is 0.173. The summed E-state index contributed by atoms with van der Waals surface area (Å²) in [6.07, 6.45) is -0.677. The van der Waals surface area contributed by atoms with Crippen LogP contribution in [0.4, 0.5) is 13.2 Å². The summed E-state index contributed by atoms with van der Waals surface area (Å²) in [7, 11) is 1.94. The summed E-state index contributed by atoms with van der Waals surface area (Å²) in [5.74, 6) is 0.543. The Hall–Kier alpha value is -2.91. The lowest BCUT2D eigenvalue weighted by Crippen LogP contribution is -2.60. The van der Waals surface area contributed by atoms with Crippen LogP contribution < -0.4 is 5.32 Å². The van der Waals surface area contributed by atoms with Gasteiger partial charge < -0.3 is 14.6 Å². The van der Waals surface area contributed by atoms with Gasteiger partial charge in [0.25, 0.3) is 0 Å². The number of nitrogens with zero attached hydrogens (tertiary/aromatic N) is 4. The summed E-state index contributed by atoms with van der Waals surface area (Å²) in [5.41, 5.74) is 1.16. The van der Waals surface area contributed by atoms with Gasteiger partial charge in [0, 0.05) is 32.4 Å². The van der Waals surface area contributed by atoms with Crippen LogP contribution in [0.5, 0.6) is 0 Å². The number of aromatic nitrogens is 2. The van der Waals surface area contributed by atoms with Gasteiger partial charge in [-0.3, -0.25) is 9.69 Å². The van der Waals surface area contributed by atoms with Crippen molar-refractivity contribution in [3.8, 4) is 0 Å². The molecular weight excluding hydrogens is 443 g/mol. The standard InChI is InChI=1S/C25H30F3N5O/c1-17-7-6-10-33-20(17)14-29-23(33)24(2,3)30-22(34)21-16-31(4)11-12-32(21)15-18-8-5-9-19(13-18)25(26,27)28/h5-10,13-14,21H,11-12,15-16H2,1-4H3,(H,30,34)/t21-/m0/s1. The number of imidazole rings is 1. The predicted molar refractivity (Wildman–Crippen MR) is 124 cm³/mol. The zero-order valence-electron chi connectivity index (χ0n) is 19.9. The van der Waals surface area contributed by atoms with E-state index in [2.05, 4.69) is 15.2 Å². The van der Waals surface area contributed by atoms with Crippen LogP contribution in [0.15, 0.2) is 48.8 Å². The first-order valence-electron chi connectivity index (χ1n) is 11.3. The Bertz CT molecular complexity index is 1190. The first-order valence-corrected chi connectivity index (χ1v) is 11.3. The van der Waals surface area contributed by atoms with Crippen LogP contribution in [0.3, 0.4) is 0 Å². The van der Waals surface area contributed by atoms with Crippen molar-refractivity contribution >= 4 is 11.4 Å². The van der Waals surface area contributed by atoms with Crippen molar-refractivity contribution in [2.45, 2.75) is 45.1 Å². The Morgan fingerprint density at radius 3 is 2.68 bits per heavy atom. The molecule has 2 aromatic heterocycles. The minimum Gasteiger partial charge on any atom is -0.343 e. The molecule has 0 unspecified atom stereocenters. The Morgan fingerprint density at radius 2 is 1.94 bits per heavy atom. The van der Waals surface area contributed by atoms with Gasteiger partial charge >= 0.3 is 6.18 Å². The molecule has 0 aliphatic carbocycles. The largest absolute Gasteiger partial charge is 0.416 e. The number of carbonyl (C=O) groups is 1. The molecule has 0 bridgehead atoms. The van der Waals surface area contributed by atoms with Crippen molar-refractivity contribution in [3.63, 3.8) is 0 Å². The van der Waals surface area contributed by atoms with E-state index in [1.807, 2.05) is 55.4 Å². The molecule has 3 aromatic rings. The first-order chi connectivity index (χ1) is 16.0. The second kappa shape index (κ2) is 9.03. The Kier molecular flexibility index (Phi) is 6.44. The second-order valence-corrected chi connectivity index (χ2v) is 9.59. The number of hydrogen-bond donors (Lipinski definition) is 1.